The van der Waals surface area contributed by atoms with Crippen molar-refractivity contribution in [2.75, 3.05) is 5.32 Å². The number of rotatable bonds is 3. The number of benzene rings is 1. The molecule has 0 aliphatic heterocycles. The minimum Gasteiger partial charge on any atom is -0.379 e. The predicted molar refractivity (Wildman–Crippen MR) is 70.0 cm³/mol. The van der Waals surface area contributed by atoms with Crippen LogP contribution in [0.2, 0.25) is 0 Å². The first-order chi connectivity index (χ1) is 8.42. The van der Waals surface area contributed by atoms with Gasteiger partial charge in [-0.25, -0.2) is 0 Å². The molecule has 2 nitrogen and oxygen atoms in total. The van der Waals surface area contributed by atoms with E-state index in [0.29, 0.717) is 0 Å². The zero-order chi connectivity index (χ0) is 11.5. The summed E-state index contributed by atoms with van der Waals surface area (Å²) in [6.45, 7) is 0.791. The molecule has 2 aromatic rings. The highest BCUT2D eigenvalue weighted by Gasteiger charge is 2.10. The van der Waals surface area contributed by atoms with Crippen molar-refractivity contribution in [3.05, 3.63) is 59.4 Å². The first kappa shape index (κ1) is 10.3. The van der Waals surface area contributed by atoms with Crippen LogP contribution in [-0.4, -0.2) is 4.98 Å². The predicted octanol–water partition coefficient (Wildman–Crippen LogP) is 3.18. The van der Waals surface area contributed by atoms with Crippen LogP contribution in [0, 0.1) is 0 Å². The van der Waals surface area contributed by atoms with Gasteiger partial charge < -0.3 is 5.32 Å². The molecular weight excluding hydrogens is 208 g/mol. The van der Waals surface area contributed by atoms with Gasteiger partial charge in [-0.2, -0.15) is 0 Å². The Hall–Kier alpha value is -1.83. The highest BCUT2D eigenvalue weighted by Crippen LogP contribution is 2.24. The molecule has 0 atom stereocenters. The number of anilines is 1. The molecule has 86 valence electrons. The Balaban J connectivity index is 1.70. The summed E-state index contributed by atoms with van der Waals surface area (Å²) in [6.07, 6.45) is 5.61. The molecule has 1 aliphatic carbocycles. The van der Waals surface area contributed by atoms with E-state index in [-0.39, 0.29) is 0 Å². The molecule has 0 saturated heterocycles. The summed E-state index contributed by atoms with van der Waals surface area (Å²) in [5.41, 5.74) is 5.31. The molecule has 2 heteroatoms. The van der Waals surface area contributed by atoms with Gasteiger partial charge in [0, 0.05) is 11.9 Å². The van der Waals surface area contributed by atoms with Crippen LogP contribution >= 0.6 is 0 Å². The number of nitrogens with one attached hydrogen (secondary N) is 1. The van der Waals surface area contributed by atoms with Crippen molar-refractivity contribution in [1.82, 2.24) is 4.98 Å². The maximum absolute atomic E-state index is 4.30. The second kappa shape index (κ2) is 4.58. The molecule has 0 saturated carbocycles. The van der Waals surface area contributed by atoms with E-state index >= 15 is 0 Å². The van der Waals surface area contributed by atoms with E-state index in [4.69, 9.17) is 0 Å². The summed E-state index contributed by atoms with van der Waals surface area (Å²) in [7, 11) is 0. The highest BCUT2D eigenvalue weighted by atomic mass is 14.9. The standard InChI is InChI=1S/C15H16N2/c1-2-9-16-15(6-1)11-17-14-8-7-12-4-3-5-13(12)10-14/h1-2,6-10,17H,3-5,11H2. The fourth-order valence-electron chi connectivity index (χ4n) is 2.38. The number of aryl methyl sites for hydroxylation is 2. The third kappa shape index (κ3) is 2.31. The lowest BCUT2D eigenvalue weighted by Gasteiger charge is -2.08. The summed E-state index contributed by atoms with van der Waals surface area (Å²) >= 11 is 0. The van der Waals surface area contributed by atoms with Crippen molar-refractivity contribution in [1.29, 1.82) is 0 Å². The zero-order valence-electron chi connectivity index (χ0n) is 9.82. The van der Waals surface area contributed by atoms with Gasteiger partial charge in [0.05, 0.1) is 12.2 Å². The molecule has 0 radical (unpaired) electrons. The van der Waals surface area contributed by atoms with Crippen LogP contribution in [-0.2, 0) is 19.4 Å². The maximum atomic E-state index is 4.30. The molecule has 1 aliphatic rings. The number of aromatic nitrogens is 1. The molecule has 17 heavy (non-hydrogen) atoms. The van der Waals surface area contributed by atoms with Crippen LogP contribution in [0.15, 0.2) is 42.6 Å². The molecule has 0 amide bonds. The third-order valence-corrected chi connectivity index (χ3v) is 3.30. The molecular formula is C15H16N2. The van der Waals surface area contributed by atoms with Crippen LogP contribution in [0.1, 0.15) is 23.2 Å². The van der Waals surface area contributed by atoms with Gasteiger partial charge >= 0.3 is 0 Å². The summed E-state index contributed by atoms with van der Waals surface area (Å²) in [4.78, 5) is 4.30. The Kier molecular flexibility index (Phi) is 2.78. The van der Waals surface area contributed by atoms with E-state index in [1.165, 1.54) is 36.1 Å². The van der Waals surface area contributed by atoms with Crippen LogP contribution in [0.4, 0.5) is 5.69 Å². The topological polar surface area (TPSA) is 24.9 Å². The molecule has 0 spiro atoms. The van der Waals surface area contributed by atoms with Crippen LogP contribution in [0.25, 0.3) is 0 Å². The highest BCUT2D eigenvalue weighted by molar-refractivity contribution is 5.50. The molecule has 0 fully saturated rings. The van der Waals surface area contributed by atoms with Crippen LogP contribution < -0.4 is 5.32 Å². The van der Waals surface area contributed by atoms with Crippen LogP contribution in [0.3, 0.4) is 0 Å². The van der Waals surface area contributed by atoms with Crippen molar-refractivity contribution in [2.45, 2.75) is 25.8 Å². The molecule has 3 rings (SSSR count). The van der Waals surface area contributed by atoms with Crippen molar-refractivity contribution < 1.29 is 0 Å². The zero-order valence-corrected chi connectivity index (χ0v) is 9.82. The summed E-state index contributed by atoms with van der Waals surface area (Å²) < 4.78 is 0. The lowest BCUT2D eigenvalue weighted by Crippen LogP contribution is -2.01. The number of hydrogen-bond acceptors (Lipinski definition) is 2. The van der Waals surface area contributed by atoms with E-state index < -0.39 is 0 Å². The van der Waals surface area contributed by atoms with Gasteiger partial charge in [0.15, 0.2) is 0 Å². The largest absolute Gasteiger partial charge is 0.379 e. The Labute approximate surface area is 102 Å². The second-order valence-corrected chi connectivity index (χ2v) is 4.51. The van der Waals surface area contributed by atoms with E-state index in [9.17, 15) is 0 Å². The Bertz CT molecular complexity index is 506. The first-order valence-electron chi connectivity index (χ1n) is 6.17. The molecule has 1 aromatic heterocycles. The SMILES string of the molecule is c1ccc(CNc2ccc3c(c2)CCC3)nc1. The van der Waals surface area contributed by atoms with Crippen molar-refractivity contribution in [3.8, 4) is 0 Å². The van der Waals surface area contributed by atoms with E-state index in [0.717, 1.165) is 12.2 Å². The molecule has 1 heterocycles. The van der Waals surface area contributed by atoms with E-state index in [1.807, 2.05) is 24.4 Å². The Morgan fingerprint density at radius 2 is 2.00 bits per heavy atom. The number of nitrogens with zero attached hydrogens (tertiary/aromatic N) is 1. The Morgan fingerprint density at radius 1 is 1.06 bits per heavy atom. The fourth-order valence-corrected chi connectivity index (χ4v) is 2.38. The summed E-state index contributed by atoms with van der Waals surface area (Å²) in [6, 6.07) is 12.7. The quantitative estimate of drug-likeness (QED) is 0.866. The smallest absolute Gasteiger partial charge is 0.0594 e. The second-order valence-electron chi connectivity index (χ2n) is 4.51. The number of hydrogen-bond donors (Lipinski definition) is 1. The van der Waals surface area contributed by atoms with Crippen molar-refractivity contribution in [3.63, 3.8) is 0 Å². The third-order valence-electron chi connectivity index (χ3n) is 3.30. The monoisotopic (exact) mass is 224 g/mol. The molecule has 0 bridgehead atoms. The average molecular weight is 224 g/mol. The molecule has 1 N–H and O–H groups in total. The molecule has 0 unspecified atom stereocenters. The normalized spacial score (nSPS) is 13.4. The lowest BCUT2D eigenvalue weighted by molar-refractivity contribution is 0.911. The molecule has 1 aromatic carbocycles. The van der Waals surface area contributed by atoms with Gasteiger partial charge in [0.1, 0.15) is 0 Å². The van der Waals surface area contributed by atoms with E-state index in [2.05, 4.69) is 28.5 Å². The minimum absolute atomic E-state index is 0.791. The van der Waals surface area contributed by atoms with Gasteiger partial charge in [0.25, 0.3) is 0 Å². The van der Waals surface area contributed by atoms with Gasteiger partial charge in [0.2, 0.25) is 0 Å². The summed E-state index contributed by atoms with van der Waals surface area (Å²) in [5, 5.41) is 3.43. The van der Waals surface area contributed by atoms with Gasteiger partial charge in [-0.15, -0.1) is 0 Å². The summed E-state index contributed by atoms with van der Waals surface area (Å²) in [5.74, 6) is 0. The minimum atomic E-state index is 0.791. The van der Waals surface area contributed by atoms with Crippen molar-refractivity contribution in [2.24, 2.45) is 0 Å². The first-order valence-corrected chi connectivity index (χ1v) is 6.17. The van der Waals surface area contributed by atoms with Gasteiger partial charge in [-0.05, 0) is 54.7 Å². The lowest BCUT2D eigenvalue weighted by atomic mass is 10.1. The maximum Gasteiger partial charge on any atom is 0.0594 e. The number of pyridine rings is 1. The van der Waals surface area contributed by atoms with Gasteiger partial charge in [-0.1, -0.05) is 12.1 Å². The Morgan fingerprint density at radius 3 is 2.88 bits per heavy atom. The van der Waals surface area contributed by atoms with Crippen LogP contribution in [0.5, 0.6) is 0 Å². The fraction of sp³-hybridized carbons (Fsp3) is 0.267. The average Bonchev–Trinajstić information content (AvgIpc) is 2.85. The van der Waals surface area contributed by atoms with Crippen molar-refractivity contribution >= 4 is 5.69 Å². The van der Waals surface area contributed by atoms with E-state index in [1.54, 1.807) is 0 Å². The van der Waals surface area contributed by atoms with Gasteiger partial charge in [-0.3, -0.25) is 4.98 Å². The number of fused-ring (bicyclic) bond motifs is 1.